The Morgan fingerprint density at radius 1 is 1.14 bits per heavy atom. The van der Waals surface area contributed by atoms with Crippen LogP contribution in [0.2, 0.25) is 0 Å². The first kappa shape index (κ1) is 13.5. The summed E-state index contributed by atoms with van der Waals surface area (Å²) in [6, 6.07) is 5.41. The van der Waals surface area contributed by atoms with Crippen molar-refractivity contribution in [2.24, 2.45) is 0 Å². The highest BCUT2D eigenvalue weighted by Gasteiger charge is 2.16. The summed E-state index contributed by atoms with van der Waals surface area (Å²) in [6.07, 6.45) is 1.70. The molecule has 1 aromatic carbocycles. The van der Waals surface area contributed by atoms with Crippen molar-refractivity contribution in [1.29, 1.82) is 0 Å². The van der Waals surface area contributed by atoms with Gasteiger partial charge in [-0.2, -0.15) is 0 Å². The van der Waals surface area contributed by atoms with Crippen LogP contribution < -0.4 is 20.3 Å². The van der Waals surface area contributed by atoms with Crippen molar-refractivity contribution < 1.29 is 9.47 Å². The molecular weight excluding hydrogens is 270 g/mol. The first-order valence-corrected chi connectivity index (χ1v) is 6.82. The summed E-state index contributed by atoms with van der Waals surface area (Å²) >= 11 is 0. The minimum atomic E-state index is -0.0935. The number of nitrogens with one attached hydrogen (secondary N) is 2. The minimum Gasteiger partial charge on any atom is -0.497 e. The Morgan fingerprint density at radius 2 is 1.86 bits per heavy atom. The molecule has 1 aliphatic heterocycles. The molecule has 2 N–H and O–H groups in total. The van der Waals surface area contributed by atoms with Crippen molar-refractivity contribution in [1.82, 2.24) is 9.97 Å². The van der Waals surface area contributed by atoms with E-state index in [1.54, 1.807) is 20.3 Å². The van der Waals surface area contributed by atoms with Gasteiger partial charge in [-0.15, -0.1) is 0 Å². The van der Waals surface area contributed by atoms with Gasteiger partial charge < -0.3 is 19.8 Å². The summed E-state index contributed by atoms with van der Waals surface area (Å²) in [5, 5.41) is 3.18. The van der Waals surface area contributed by atoms with Gasteiger partial charge in [0.05, 0.1) is 19.8 Å². The molecule has 110 valence electrons. The average Bonchev–Trinajstić information content (AvgIpc) is 2.54. The SMILES string of the molecule is COc1cc(OC)cc(-c2nc3c(c(=O)[nH]2)CCCN3)c1. The van der Waals surface area contributed by atoms with Crippen LogP contribution in [0.5, 0.6) is 11.5 Å². The minimum absolute atomic E-state index is 0.0935. The highest BCUT2D eigenvalue weighted by molar-refractivity contribution is 5.63. The van der Waals surface area contributed by atoms with E-state index in [9.17, 15) is 4.79 Å². The highest BCUT2D eigenvalue weighted by atomic mass is 16.5. The van der Waals surface area contributed by atoms with E-state index < -0.39 is 0 Å². The van der Waals surface area contributed by atoms with Gasteiger partial charge in [0.2, 0.25) is 0 Å². The number of rotatable bonds is 3. The van der Waals surface area contributed by atoms with Gasteiger partial charge in [0.15, 0.2) is 0 Å². The summed E-state index contributed by atoms with van der Waals surface area (Å²) in [4.78, 5) is 19.5. The maximum absolute atomic E-state index is 12.2. The molecule has 0 aliphatic carbocycles. The van der Waals surface area contributed by atoms with Crippen LogP contribution >= 0.6 is 0 Å². The number of hydrogen-bond donors (Lipinski definition) is 2. The van der Waals surface area contributed by atoms with Gasteiger partial charge in [-0.1, -0.05) is 0 Å². The van der Waals surface area contributed by atoms with Crippen LogP contribution in [0.25, 0.3) is 11.4 Å². The van der Waals surface area contributed by atoms with E-state index >= 15 is 0 Å². The number of fused-ring (bicyclic) bond motifs is 1. The molecule has 0 spiro atoms. The topological polar surface area (TPSA) is 76.2 Å². The van der Waals surface area contributed by atoms with Gasteiger partial charge in [0.25, 0.3) is 5.56 Å². The molecule has 3 rings (SSSR count). The Morgan fingerprint density at radius 3 is 2.52 bits per heavy atom. The van der Waals surface area contributed by atoms with Crippen molar-refractivity contribution in [3.05, 3.63) is 34.1 Å². The monoisotopic (exact) mass is 287 g/mol. The fourth-order valence-electron chi connectivity index (χ4n) is 2.43. The zero-order chi connectivity index (χ0) is 14.8. The quantitative estimate of drug-likeness (QED) is 0.900. The Kier molecular flexibility index (Phi) is 3.51. The third-order valence-electron chi connectivity index (χ3n) is 3.54. The molecule has 0 bridgehead atoms. The van der Waals surface area contributed by atoms with Crippen molar-refractivity contribution in [3.8, 4) is 22.9 Å². The number of benzene rings is 1. The zero-order valence-electron chi connectivity index (χ0n) is 12.0. The van der Waals surface area contributed by atoms with Crippen LogP contribution in [0.4, 0.5) is 5.82 Å². The van der Waals surface area contributed by atoms with Crippen LogP contribution in [-0.4, -0.2) is 30.7 Å². The van der Waals surface area contributed by atoms with Crippen LogP contribution in [0.3, 0.4) is 0 Å². The normalized spacial score (nSPS) is 13.2. The van der Waals surface area contributed by atoms with Crippen LogP contribution in [0.1, 0.15) is 12.0 Å². The number of aromatic amines is 1. The third kappa shape index (κ3) is 2.56. The lowest BCUT2D eigenvalue weighted by atomic mass is 10.1. The van der Waals surface area contributed by atoms with Crippen LogP contribution in [0.15, 0.2) is 23.0 Å². The molecule has 0 fully saturated rings. The Bertz CT molecular complexity index is 702. The van der Waals surface area contributed by atoms with Gasteiger partial charge in [0.1, 0.15) is 23.1 Å². The summed E-state index contributed by atoms with van der Waals surface area (Å²) in [5.74, 6) is 2.47. The molecule has 2 heterocycles. The van der Waals surface area contributed by atoms with E-state index in [2.05, 4.69) is 15.3 Å². The lowest BCUT2D eigenvalue weighted by Crippen LogP contribution is -2.24. The number of aromatic nitrogens is 2. The molecule has 1 aliphatic rings. The van der Waals surface area contributed by atoms with E-state index in [0.29, 0.717) is 23.1 Å². The number of nitrogens with zero attached hydrogens (tertiary/aromatic N) is 1. The number of methoxy groups -OCH3 is 2. The Hall–Kier alpha value is -2.50. The first-order chi connectivity index (χ1) is 10.2. The van der Waals surface area contributed by atoms with E-state index in [1.165, 1.54) is 0 Å². The van der Waals surface area contributed by atoms with Crippen molar-refractivity contribution in [2.45, 2.75) is 12.8 Å². The number of H-pyrrole nitrogens is 1. The first-order valence-electron chi connectivity index (χ1n) is 6.82. The predicted molar refractivity (Wildman–Crippen MR) is 80.2 cm³/mol. The maximum Gasteiger partial charge on any atom is 0.256 e. The predicted octanol–water partition coefficient (Wildman–Crippen LogP) is 1.81. The van der Waals surface area contributed by atoms with Crippen molar-refractivity contribution >= 4 is 5.82 Å². The van der Waals surface area contributed by atoms with Crippen molar-refractivity contribution in [3.63, 3.8) is 0 Å². The summed E-state index contributed by atoms with van der Waals surface area (Å²) in [6.45, 7) is 0.838. The fraction of sp³-hybridized carbons (Fsp3) is 0.333. The number of hydrogen-bond acceptors (Lipinski definition) is 5. The smallest absolute Gasteiger partial charge is 0.256 e. The number of ether oxygens (including phenoxy) is 2. The molecule has 6 heteroatoms. The van der Waals surface area contributed by atoms with E-state index in [0.717, 1.165) is 30.5 Å². The second-order valence-electron chi connectivity index (χ2n) is 4.87. The lowest BCUT2D eigenvalue weighted by Gasteiger charge is -2.17. The van der Waals surface area contributed by atoms with Gasteiger partial charge >= 0.3 is 0 Å². The standard InChI is InChI=1S/C15H17N3O3/c1-20-10-6-9(7-11(8-10)21-2)13-17-14-12(15(19)18-13)4-3-5-16-14/h6-8H,3-5H2,1-2H3,(H2,16,17,18,19). The lowest BCUT2D eigenvalue weighted by molar-refractivity contribution is 0.394. The number of anilines is 1. The van der Waals surface area contributed by atoms with Crippen LogP contribution in [-0.2, 0) is 6.42 Å². The summed E-state index contributed by atoms with van der Waals surface area (Å²) in [5.41, 5.74) is 1.38. The van der Waals surface area contributed by atoms with Crippen molar-refractivity contribution in [2.75, 3.05) is 26.1 Å². The second-order valence-corrected chi connectivity index (χ2v) is 4.87. The fourth-order valence-corrected chi connectivity index (χ4v) is 2.43. The third-order valence-corrected chi connectivity index (χ3v) is 3.54. The Balaban J connectivity index is 2.12. The molecule has 2 aromatic rings. The molecule has 0 amide bonds. The van der Waals surface area contributed by atoms with E-state index in [1.807, 2.05) is 12.1 Å². The molecule has 0 radical (unpaired) electrons. The molecular formula is C15H17N3O3. The molecule has 0 saturated carbocycles. The summed E-state index contributed by atoms with van der Waals surface area (Å²) < 4.78 is 10.5. The molecule has 6 nitrogen and oxygen atoms in total. The Labute approximate surface area is 122 Å². The van der Waals surface area contributed by atoms with Crippen LogP contribution in [0, 0.1) is 0 Å². The van der Waals surface area contributed by atoms with E-state index in [4.69, 9.17) is 9.47 Å². The highest BCUT2D eigenvalue weighted by Crippen LogP contribution is 2.28. The van der Waals surface area contributed by atoms with Gasteiger partial charge in [-0.25, -0.2) is 4.98 Å². The molecule has 0 atom stereocenters. The maximum atomic E-state index is 12.2. The molecule has 21 heavy (non-hydrogen) atoms. The average molecular weight is 287 g/mol. The largest absolute Gasteiger partial charge is 0.497 e. The van der Waals surface area contributed by atoms with E-state index in [-0.39, 0.29) is 5.56 Å². The van der Waals surface area contributed by atoms with Gasteiger partial charge in [-0.3, -0.25) is 4.79 Å². The molecule has 0 saturated heterocycles. The molecule has 1 aromatic heterocycles. The molecule has 0 unspecified atom stereocenters. The summed E-state index contributed by atoms with van der Waals surface area (Å²) in [7, 11) is 3.17. The van der Waals surface area contributed by atoms with Gasteiger partial charge in [0, 0.05) is 18.2 Å². The second kappa shape index (κ2) is 5.47. The zero-order valence-corrected chi connectivity index (χ0v) is 12.0. The van der Waals surface area contributed by atoms with Gasteiger partial charge in [-0.05, 0) is 25.0 Å².